The fourth-order valence-electron chi connectivity index (χ4n) is 5.26. The standard InChI is InChI=1S/C31H35N5O2SSi/c1-30(2,3)40(5,6)36-28(38)25(26(37)27-32-33-34-35(27)4)29(36)39-31(22-16-10-7-11-17-22,23-18-12-8-13-19-23)24-20-14-9-15-21-24/h7-21,25,29H,1-6H3. The molecule has 1 fully saturated rings. The first-order valence-corrected chi connectivity index (χ1v) is 17.3. The lowest BCUT2D eigenvalue weighted by atomic mass is 9.84. The average Bonchev–Trinajstić information content (AvgIpc) is 3.37. The number of carbonyl (C=O) groups is 2. The Morgan fingerprint density at radius 2 is 1.27 bits per heavy atom. The van der Waals surface area contributed by atoms with Crippen LogP contribution < -0.4 is 0 Å². The molecular formula is C31H35N5O2SSi. The molecule has 1 saturated heterocycles. The number of aryl methyl sites for hydroxylation is 1. The third-order valence-electron chi connectivity index (χ3n) is 8.44. The van der Waals surface area contributed by atoms with Crippen LogP contribution in [0.1, 0.15) is 48.1 Å². The highest BCUT2D eigenvalue weighted by molar-refractivity contribution is 8.01. The second-order valence-electron chi connectivity index (χ2n) is 11.8. The van der Waals surface area contributed by atoms with E-state index in [2.05, 4.69) is 85.8 Å². The number of ketones is 1. The molecule has 3 aromatic carbocycles. The summed E-state index contributed by atoms with van der Waals surface area (Å²) in [5.74, 6) is -1.27. The van der Waals surface area contributed by atoms with Gasteiger partial charge in [-0.2, -0.15) is 0 Å². The number of hydrogen-bond acceptors (Lipinski definition) is 6. The largest absolute Gasteiger partial charge is 0.356 e. The van der Waals surface area contributed by atoms with Crippen molar-refractivity contribution < 1.29 is 9.59 Å². The molecular weight excluding hydrogens is 535 g/mol. The smallest absolute Gasteiger partial charge is 0.229 e. The van der Waals surface area contributed by atoms with Crippen molar-refractivity contribution in [2.45, 2.75) is 49.0 Å². The summed E-state index contributed by atoms with van der Waals surface area (Å²) in [5, 5.41) is 11.0. The third-order valence-corrected chi connectivity index (χ3v) is 15.8. The Kier molecular flexibility index (Phi) is 7.31. The number of Topliss-reactive ketones (excluding diaryl/α,β-unsaturated/α-hetero) is 1. The zero-order valence-electron chi connectivity index (χ0n) is 23.8. The molecule has 0 bridgehead atoms. The fraction of sp³-hybridized carbons (Fsp3) is 0.323. The van der Waals surface area contributed by atoms with Crippen LogP contribution in [0.15, 0.2) is 91.0 Å². The third kappa shape index (κ3) is 4.51. The van der Waals surface area contributed by atoms with E-state index in [1.807, 2.05) is 59.2 Å². The number of rotatable bonds is 8. The number of carbonyl (C=O) groups excluding carboxylic acids is 2. The van der Waals surface area contributed by atoms with Gasteiger partial charge in [-0.3, -0.25) is 9.59 Å². The Morgan fingerprint density at radius 3 is 1.65 bits per heavy atom. The molecule has 2 unspecified atom stereocenters. The number of tetrazole rings is 1. The molecule has 0 radical (unpaired) electrons. The second kappa shape index (κ2) is 10.4. The predicted octanol–water partition coefficient (Wildman–Crippen LogP) is 5.91. The van der Waals surface area contributed by atoms with Crippen molar-refractivity contribution in [3.05, 3.63) is 114 Å². The molecule has 1 aliphatic rings. The number of nitrogens with zero attached hydrogens (tertiary/aromatic N) is 5. The molecule has 2 heterocycles. The number of aromatic nitrogens is 4. The lowest BCUT2D eigenvalue weighted by Gasteiger charge is -2.59. The summed E-state index contributed by atoms with van der Waals surface area (Å²) in [7, 11) is -0.753. The lowest BCUT2D eigenvalue weighted by molar-refractivity contribution is -0.140. The lowest BCUT2D eigenvalue weighted by Crippen LogP contribution is -2.73. The van der Waals surface area contributed by atoms with Crippen molar-refractivity contribution in [2.24, 2.45) is 13.0 Å². The Bertz CT molecular complexity index is 1410. The van der Waals surface area contributed by atoms with Crippen molar-refractivity contribution in [1.29, 1.82) is 0 Å². The highest BCUT2D eigenvalue weighted by Crippen LogP contribution is 2.57. The molecule has 9 heteroatoms. The molecule has 1 aromatic heterocycles. The molecule has 1 aliphatic heterocycles. The fourth-order valence-corrected chi connectivity index (χ4v) is 10.2. The van der Waals surface area contributed by atoms with Gasteiger partial charge in [0.15, 0.2) is 8.24 Å². The molecule has 7 nitrogen and oxygen atoms in total. The van der Waals surface area contributed by atoms with Crippen LogP contribution in [0.3, 0.4) is 0 Å². The first-order chi connectivity index (χ1) is 19.0. The van der Waals surface area contributed by atoms with Crippen LogP contribution in [0.25, 0.3) is 0 Å². The minimum absolute atomic E-state index is 0.101. The van der Waals surface area contributed by atoms with E-state index in [1.54, 1.807) is 18.8 Å². The maximum absolute atomic E-state index is 14.1. The van der Waals surface area contributed by atoms with E-state index in [4.69, 9.17) is 0 Å². The van der Waals surface area contributed by atoms with E-state index in [-0.39, 0.29) is 22.6 Å². The van der Waals surface area contributed by atoms with Crippen LogP contribution in [0.5, 0.6) is 0 Å². The van der Waals surface area contributed by atoms with Gasteiger partial charge in [0.05, 0.1) is 10.1 Å². The number of β-lactam (4-membered cyclic amide) rings is 1. The second-order valence-corrected chi connectivity index (χ2v) is 18.2. The number of thioether (sulfide) groups is 1. The van der Waals surface area contributed by atoms with Crippen molar-refractivity contribution in [1.82, 2.24) is 24.8 Å². The molecule has 4 aromatic rings. The molecule has 0 aliphatic carbocycles. The molecule has 2 atom stereocenters. The Morgan fingerprint density at radius 1 is 0.825 bits per heavy atom. The van der Waals surface area contributed by atoms with Crippen molar-refractivity contribution in [3.8, 4) is 0 Å². The van der Waals surface area contributed by atoms with Gasteiger partial charge in [-0.25, -0.2) is 4.68 Å². The molecule has 1 amide bonds. The number of amides is 1. The topological polar surface area (TPSA) is 81.0 Å². The van der Waals surface area contributed by atoms with Gasteiger partial charge in [0.25, 0.3) is 0 Å². The molecule has 40 heavy (non-hydrogen) atoms. The zero-order valence-corrected chi connectivity index (χ0v) is 25.6. The van der Waals surface area contributed by atoms with Crippen LogP contribution in [-0.4, -0.2) is 50.1 Å². The maximum atomic E-state index is 14.1. The highest BCUT2D eigenvalue weighted by atomic mass is 32.2. The van der Waals surface area contributed by atoms with Crippen LogP contribution in [0.2, 0.25) is 18.1 Å². The van der Waals surface area contributed by atoms with Crippen molar-refractivity contribution >= 4 is 31.7 Å². The predicted molar refractivity (Wildman–Crippen MR) is 161 cm³/mol. The van der Waals surface area contributed by atoms with Crippen LogP contribution in [-0.2, 0) is 16.6 Å². The molecule has 0 N–H and O–H groups in total. The van der Waals surface area contributed by atoms with Gasteiger partial charge in [0.1, 0.15) is 5.92 Å². The summed E-state index contributed by atoms with van der Waals surface area (Å²) in [4.78, 5) is 28.0. The Hall–Kier alpha value is -3.56. The van der Waals surface area contributed by atoms with E-state index in [0.717, 1.165) is 16.7 Å². The summed E-state index contributed by atoms with van der Waals surface area (Å²) in [6.45, 7) is 11.0. The monoisotopic (exact) mass is 569 g/mol. The van der Waals surface area contributed by atoms with Gasteiger partial charge in [0, 0.05) is 7.05 Å². The molecule has 0 saturated carbocycles. The van der Waals surface area contributed by atoms with Crippen LogP contribution >= 0.6 is 11.8 Å². The summed E-state index contributed by atoms with van der Waals surface area (Å²) < 4.78 is 2.71. The van der Waals surface area contributed by atoms with Crippen LogP contribution in [0.4, 0.5) is 0 Å². The summed E-state index contributed by atoms with van der Waals surface area (Å²) in [5.41, 5.74) is 3.25. The summed E-state index contributed by atoms with van der Waals surface area (Å²) in [6, 6.07) is 31.1. The van der Waals surface area contributed by atoms with Gasteiger partial charge in [0.2, 0.25) is 17.5 Å². The highest BCUT2D eigenvalue weighted by Gasteiger charge is 2.62. The Balaban J connectivity index is 1.74. The van der Waals surface area contributed by atoms with Gasteiger partial charge in [-0.15, -0.1) is 16.9 Å². The van der Waals surface area contributed by atoms with Gasteiger partial charge < -0.3 is 4.57 Å². The minimum atomic E-state index is -2.38. The minimum Gasteiger partial charge on any atom is -0.356 e. The molecule has 0 spiro atoms. The van der Waals surface area contributed by atoms with Crippen LogP contribution in [0, 0.1) is 5.92 Å². The summed E-state index contributed by atoms with van der Waals surface area (Å²) >= 11 is 1.67. The Labute approximate surface area is 241 Å². The van der Waals surface area contributed by atoms with Crippen molar-refractivity contribution in [2.75, 3.05) is 0 Å². The van der Waals surface area contributed by atoms with Gasteiger partial charge in [-0.1, -0.05) is 125 Å². The zero-order chi connectivity index (χ0) is 28.7. The van der Waals surface area contributed by atoms with E-state index in [1.165, 1.54) is 4.68 Å². The normalized spacial score (nSPS) is 17.9. The molecule has 206 valence electrons. The van der Waals surface area contributed by atoms with Gasteiger partial charge in [-0.05, 0) is 32.2 Å². The van der Waals surface area contributed by atoms with E-state index in [0.29, 0.717) is 0 Å². The SMILES string of the molecule is Cn1nnnc1C(=O)C1C(=O)N([Si](C)(C)C(C)(C)C)C1SC(c1ccccc1)(c1ccccc1)c1ccccc1. The molecule has 5 rings (SSSR count). The summed E-state index contributed by atoms with van der Waals surface area (Å²) in [6.07, 6.45) is 0. The first-order valence-electron chi connectivity index (χ1n) is 13.4. The maximum Gasteiger partial charge on any atom is 0.229 e. The number of hydrogen-bond donors (Lipinski definition) is 0. The first kappa shape index (κ1) is 28.0. The van der Waals surface area contributed by atoms with E-state index >= 15 is 0 Å². The quantitative estimate of drug-likeness (QED) is 0.0863. The van der Waals surface area contributed by atoms with Crippen molar-refractivity contribution in [3.63, 3.8) is 0 Å². The van der Waals surface area contributed by atoms with Gasteiger partial charge >= 0.3 is 0 Å². The average molecular weight is 570 g/mol. The number of benzene rings is 3. The van der Waals surface area contributed by atoms with E-state index in [9.17, 15) is 9.59 Å². The van der Waals surface area contributed by atoms with E-state index < -0.39 is 24.3 Å².